The molecule has 0 atom stereocenters. The van der Waals surface area contributed by atoms with Gasteiger partial charge in [0, 0.05) is 36.4 Å². The van der Waals surface area contributed by atoms with Crippen LogP contribution in [0.2, 0.25) is 0 Å². The van der Waals surface area contributed by atoms with E-state index in [4.69, 9.17) is 0 Å². The molecule has 126 valence electrons. The molecule has 0 bridgehead atoms. The highest BCUT2D eigenvalue weighted by molar-refractivity contribution is 8.21. The van der Waals surface area contributed by atoms with Gasteiger partial charge in [-0.2, -0.15) is 0 Å². The number of carbonyl (C=O) groups excluding carboxylic acids is 1. The van der Waals surface area contributed by atoms with Crippen LogP contribution in [-0.4, -0.2) is 43.9 Å². The number of benzene rings is 1. The Kier molecular flexibility index (Phi) is 4.88. The number of hydrogen-bond donors (Lipinski definition) is 0. The second-order valence-corrected chi connectivity index (χ2v) is 10.3. The van der Waals surface area contributed by atoms with Crippen molar-refractivity contribution in [1.82, 2.24) is 9.27 Å². The first kappa shape index (κ1) is 16.5. The molecule has 2 saturated heterocycles. The lowest BCUT2D eigenvalue weighted by Gasteiger charge is -2.25. The van der Waals surface area contributed by atoms with Crippen LogP contribution in [0.5, 0.6) is 0 Å². The summed E-state index contributed by atoms with van der Waals surface area (Å²) in [7, 11) is 0. The molecule has 0 saturated carbocycles. The molecule has 24 heavy (non-hydrogen) atoms. The van der Waals surface area contributed by atoms with Gasteiger partial charge in [0.2, 0.25) is 0 Å². The average molecular weight is 377 g/mol. The lowest BCUT2D eigenvalue weighted by Crippen LogP contribution is -2.32. The standard InChI is InChI=1S/C18H20N2OS3/c21-17(15-4-1-3-14(13-15)16-5-8-19-24-16)20-9-2-6-18(7-10-20)22-11-12-23-18/h1,3-5,8,13H,2,6-7,9-12H2. The van der Waals surface area contributed by atoms with Crippen molar-refractivity contribution in [2.24, 2.45) is 0 Å². The SMILES string of the molecule is O=C(c1cccc(-c2ccns2)c1)N1CCCC2(CC1)SCCS2. The maximum absolute atomic E-state index is 13.0. The van der Waals surface area contributed by atoms with Crippen LogP contribution < -0.4 is 0 Å². The van der Waals surface area contributed by atoms with Gasteiger partial charge >= 0.3 is 0 Å². The predicted molar refractivity (Wildman–Crippen MR) is 105 cm³/mol. The topological polar surface area (TPSA) is 33.2 Å². The Bertz CT molecular complexity index is 711. The normalized spacial score (nSPS) is 20.2. The van der Waals surface area contributed by atoms with Crippen LogP contribution in [0.1, 0.15) is 29.6 Å². The molecule has 2 aliphatic rings. The summed E-state index contributed by atoms with van der Waals surface area (Å²) in [5.41, 5.74) is 1.88. The summed E-state index contributed by atoms with van der Waals surface area (Å²) in [5, 5.41) is 0. The van der Waals surface area contributed by atoms with Crippen molar-refractivity contribution in [2.45, 2.75) is 23.3 Å². The quantitative estimate of drug-likeness (QED) is 0.766. The van der Waals surface area contributed by atoms with E-state index in [1.807, 2.05) is 30.3 Å². The molecule has 4 rings (SSSR count). The lowest BCUT2D eigenvalue weighted by atomic mass is 10.1. The molecule has 1 aromatic heterocycles. The zero-order chi connectivity index (χ0) is 16.4. The molecule has 2 aliphatic heterocycles. The van der Waals surface area contributed by atoms with Gasteiger partial charge in [0.1, 0.15) is 0 Å². The first-order valence-corrected chi connectivity index (χ1v) is 11.1. The summed E-state index contributed by atoms with van der Waals surface area (Å²) >= 11 is 5.68. The highest BCUT2D eigenvalue weighted by Crippen LogP contribution is 2.50. The summed E-state index contributed by atoms with van der Waals surface area (Å²) < 4.78 is 4.53. The maximum Gasteiger partial charge on any atom is 0.253 e. The molecule has 1 aromatic carbocycles. The van der Waals surface area contributed by atoms with Crippen LogP contribution >= 0.6 is 35.1 Å². The minimum absolute atomic E-state index is 0.173. The minimum Gasteiger partial charge on any atom is -0.339 e. The summed E-state index contributed by atoms with van der Waals surface area (Å²) in [5.74, 6) is 2.69. The number of nitrogens with zero attached hydrogens (tertiary/aromatic N) is 2. The van der Waals surface area contributed by atoms with Gasteiger partial charge in [-0.15, -0.1) is 23.5 Å². The van der Waals surface area contributed by atoms with Crippen molar-refractivity contribution in [3.8, 4) is 10.4 Å². The van der Waals surface area contributed by atoms with Crippen molar-refractivity contribution in [1.29, 1.82) is 0 Å². The predicted octanol–water partition coefficient (Wildman–Crippen LogP) is 4.61. The van der Waals surface area contributed by atoms with Gasteiger partial charge in [0.05, 0.1) is 8.96 Å². The maximum atomic E-state index is 13.0. The molecular weight excluding hydrogens is 356 g/mol. The molecule has 2 aromatic rings. The Morgan fingerprint density at radius 2 is 2.00 bits per heavy atom. The molecule has 0 N–H and O–H groups in total. The fourth-order valence-electron chi connectivity index (χ4n) is 3.42. The van der Waals surface area contributed by atoms with E-state index < -0.39 is 0 Å². The molecule has 3 heterocycles. The fourth-order valence-corrected chi connectivity index (χ4v) is 7.30. The molecule has 6 heteroatoms. The van der Waals surface area contributed by atoms with Crippen LogP contribution in [0.25, 0.3) is 10.4 Å². The third kappa shape index (κ3) is 3.37. The first-order valence-electron chi connectivity index (χ1n) is 8.34. The smallest absolute Gasteiger partial charge is 0.253 e. The van der Waals surface area contributed by atoms with E-state index in [9.17, 15) is 4.79 Å². The number of hydrogen-bond acceptors (Lipinski definition) is 5. The highest BCUT2D eigenvalue weighted by atomic mass is 32.2. The largest absolute Gasteiger partial charge is 0.339 e. The average Bonchev–Trinajstić information content (AvgIpc) is 3.25. The van der Waals surface area contributed by atoms with Crippen molar-refractivity contribution < 1.29 is 4.79 Å². The van der Waals surface area contributed by atoms with Gasteiger partial charge in [0.15, 0.2) is 0 Å². The molecule has 1 amide bonds. The minimum atomic E-state index is 0.173. The molecule has 0 aliphatic carbocycles. The van der Waals surface area contributed by atoms with E-state index in [2.05, 4.69) is 32.8 Å². The Morgan fingerprint density at radius 1 is 1.12 bits per heavy atom. The summed E-state index contributed by atoms with van der Waals surface area (Å²) in [6.45, 7) is 1.76. The van der Waals surface area contributed by atoms with E-state index in [1.54, 1.807) is 6.20 Å². The van der Waals surface area contributed by atoms with Crippen LogP contribution in [0.4, 0.5) is 0 Å². The third-order valence-electron chi connectivity index (χ3n) is 4.68. The summed E-state index contributed by atoms with van der Waals surface area (Å²) in [4.78, 5) is 16.1. The number of thioether (sulfide) groups is 2. The molecule has 2 fully saturated rings. The van der Waals surface area contributed by atoms with E-state index in [0.717, 1.165) is 41.9 Å². The first-order chi connectivity index (χ1) is 11.8. The number of amides is 1. The zero-order valence-electron chi connectivity index (χ0n) is 13.4. The van der Waals surface area contributed by atoms with Gasteiger partial charge in [0.25, 0.3) is 5.91 Å². The summed E-state index contributed by atoms with van der Waals surface area (Å²) in [6, 6.07) is 9.97. The second-order valence-electron chi connectivity index (χ2n) is 6.21. The number of aromatic nitrogens is 1. The van der Waals surface area contributed by atoms with Gasteiger partial charge in [-0.3, -0.25) is 4.79 Å². The van der Waals surface area contributed by atoms with Crippen LogP contribution in [0, 0.1) is 0 Å². The lowest BCUT2D eigenvalue weighted by molar-refractivity contribution is 0.0761. The Morgan fingerprint density at radius 3 is 2.79 bits per heavy atom. The fraction of sp³-hybridized carbons (Fsp3) is 0.444. The molecule has 0 radical (unpaired) electrons. The molecule has 0 unspecified atom stereocenters. The van der Waals surface area contributed by atoms with Crippen LogP contribution in [-0.2, 0) is 0 Å². The van der Waals surface area contributed by atoms with E-state index in [1.165, 1.54) is 29.5 Å². The monoisotopic (exact) mass is 376 g/mol. The Hall–Kier alpha value is -0.980. The van der Waals surface area contributed by atoms with Crippen molar-refractivity contribution >= 4 is 41.0 Å². The van der Waals surface area contributed by atoms with Crippen LogP contribution in [0.3, 0.4) is 0 Å². The van der Waals surface area contributed by atoms with Crippen LogP contribution in [0.15, 0.2) is 36.5 Å². The van der Waals surface area contributed by atoms with Gasteiger partial charge < -0.3 is 4.90 Å². The van der Waals surface area contributed by atoms with Crippen molar-refractivity contribution in [3.63, 3.8) is 0 Å². The highest BCUT2D eigenvalue weighted by Gasteiger charge is 2.37. The van der Waals surface area contributed by atoms with Crippen molar-refractivity contribution in [3.05, 3.63) is 42.1 Å². The molecular formula is C18H20N2OS3. The van der Waals surface area contributed by atoms with Gasteiger partial charge in [-0.1, -0.05) is 12.1 Å². The number of rotatable bonds is 2. The number of likely N-dealkylation sites (tertiary alicyclic amines) is 1. The molecule has 3 nitrogen and oxygen atoms in total. The van der Waals surface area contributed by atoms with Crippen molar-refractivity contribution in [2.75, 3.05) is 24.6 Å². The summed E-state index contributed by atoms with van der Waals surface area (Å²) in [6.07, 6.45) is 5.26. The number of carbonyl (C=O) groups is 1. The zero-order valence-corrected chi connectivity index (χ0v) is 15.9. The Balaban J connectivity index is 1.50. The molecule has 1 spiro atoms. The van der Waals surface area contributed by atoms with Gasteiger partial charge in [-0.25, -0.2) is 4.37 Å². The van der Waals surface area contributed by atoms with Gasteiger partial charge in [-0.05, 0) is 54.6 Å². The van der Waals surface area contributed by atoms with E-state index >= 15 is 0 Å². The Labute approximate surface area is 155 Å². The third-order valence-corrected chi connectivity index (χ3v) is 9.13. The second kappa shape index (κ2) is 7.10. The van der Waals surface area contributed by atoms with E-state index in [-0.39, 0.29) is 5.91 Å². The van der Waals surface area contributed by atoms with E-state index in [0.29, 0.717) is 4.08 Å².